The molecule has 18 heavy (non-hydrogen) atoms. The molecule has 0 saturated heterocycles. The molecule has 1 aromatic carbocycles. The van der Waals surface area contributed by atoms with Crippen molar-refractivity contribution in [2.24, 2.45) is 10.4 Å². The molecule has 5 heteroatoms. The number of nitrogens with zero attached hydrogens (tertiary/aromatic N) is 1. The summed E-state index contributed by atoms with van der Waals surface area (Å²) in [6.45, 7) is 5.89. The van der Waals surface area contributed by atoms with Gasteiger partial charge in [-0.2, -0.15) is 0 Å². The van der Waals surface area contributed by atoms with Crippen molar-refractivity contribution in [1.82, 2.24) is 0 Å². The van der Waals surface area contributed by atoms with Crippen LogP contribution >= 0.6 is 23.2 Å². The van der Waals surface area contributed by atoms with E-state index < -0.39 is 0 Å². The Morgan fingerprint density at radius 1 is 1.33 bits per heavy atom. The van der Waals surface area contributed by atoms with Crippen LogP contribution in [-0.4, -0.2) is 29.1 Å². The monoisotopic (exact) mass is 289 g/mol. The van der Waals surface area contributed by atoms with E-state index in [9.17, 15) is 10.2 Å². The Hall–Kier alpha value is -0.770. The topological polar surface area (TPSA) is 52.8 Å². The van der Waals surface area contributed by atoms with Crippen LogP contribution in [0.15, 0.2) is 17.1 Å². The van der Waals surface area contributed by atoms with Gasteiger partial charge in [-0.25, -0.2) is 0 Å². The van der Waals surface area contributed by atoms with Gasteiger partial charge in [0, 0.05) is 16.8 Å². The largest absolute Gasteiger partial charge is 0.506 e. The Balaban J connectivity index is 3.04. The maximum atomic E-state index is 9.77. The van der Waals surface area contributed by atoms with E-state index in [1.165, 1.54) is 12.3 Å². The molecule has 0 saturated carbocycles. The minimum absolute atomic E-state index is 0.0598. The Morgan fingerprint density at radius 2 is 1.94 bits per heavy atom. The zero-order valence-corrected chi connectivity index (χ0v) is 12.1. The quantitative estimate of drug-likeness (QED) is 0.837. The SMILES string of the molecule is CC(C)(C)[C@@H](CO)/N=C/c1cc(Cl)cc(Cl)c1O. The Bertz CT molecular complexity index is 453. The average Bonchev–Trinajstić information content (AvgIpc) is 2.23. The zero-order valence-electron chi connectivity index (χ0n) is 10.6. The summed E-state index contributed by atoms with van der Waals surface area (Å²) in [5, 5.41) is 19.7. The highest BCUT2D eigenvalue weighted by molar-refractivity contribution is 6.36. The van der Waals surface area contributed by atoms with Gasteiger partial charge in [0.1, 0.15) is 5.75 Å². The predicted molar refractivity (Wildman–Crippen MR) is 76.0 cm³/mol. The number of benzene rings is 1. The maximum Gasteiger partial charge on any atom is 0.143 e. The van der Waals surface area contributed by atoms with E-state index in [4.69, 9.17) is 23.2 Å². The molecule has 3 nitrogen and oxygen atoms in total. The smallest absolute Gasteiger partial charge is 0.143 e. The lowest BCUT2D eigenvalue weighted by Crippen LogP contribution is -2.28. The third kappa shape index (κ3) is 3.87. The van der Waals surface area contributed by atoms with Crippen LogP contribution < -0.4 is 0 Å². The van der Waals surface area contributed by atoms with Gasteiger partial charge in [-0.3, -0.25) is 4.99 Å². The molecular weight excluding hydrogens is 273 g/mol. The van der Waals surface area contributed by atoms with E-state index in [1.54, 1.807) is 6.07 Å². The molecule has 0 unspecified atom stereocenters. The fourth-order valence-corrected chi connectivity index (χ4v) is 1.91. The summed E-state index contributed by atoms with van der Waals surface area (Å²) >= 11 is 11.7. The molecule has 0 aromatic heterocycles. The Kier molecular flexibility index (Phi) is 5.02. The van der Waals surface area contributed by atoms with Gasteiger partial charge >= 0.3 is 0 Å². The summed E-state index contributed by atoms with van der Waals surface area (Å²) in [7, 11) is 0. The van der Waals surface area contributed by atoms with E-state index in [1.807, 2.05) is 20.8 Å². The average molecular weight is 290 g/mol. The van der Waals surface area contributed by atoms with E-state index >= 15 is 0 Å². The number of rotatable bonds is 3. The molecule has 0 aliphatic heterocycles. The maximum absolute atomic E-state index is 9.77. The number of phenolic OH excluding ortho intramolecular Hbond substituents is 1. The van der Waals surface area contributed by atoms with E-state index in [-0.39, 0.29) is 28.8 Å². The Labute approximate surface area is 117 Å². The summed E-state index contributed by atoms with van der Waals surface area (Å²) in [5.74, 6) is -0.0598. The van der Waals surface area contributed by atoms with E-state index in [2.05, 4.69) is 4.99 Å². The molecule has 0 amide bonds. The van der Waals surface area contributed by atoms with Crippen LogP contribution in [0, 0.1) is 5.41 Å². The first kappa shape index (κ1) is 15.3. The molecule has 0 heterocycles. The Morgan fingerprint density at radius 3 is 2.44 bits per heavy atom. The van der Waals surface area contributed by atoms with Crippen LogP contribution in [0.4, 0.5) is 0 Å². The van der Waals surface area contributed by atoms with Gasteiger partial charge in [0.05, 0.1) is 17.7 Å². The zero-order chi connectivity index (χ0) is 13.9. The van der Waals surface area contributed by atoms with Crippen LogP contribution in [0.2, 0.25) is 10.0 Å². The van der Waals surface area contributed by atoms with Crippen LogP contribution in [0.25, 0.3) is 0 Å². The van der Waals surface area contributed by atoms with Gasteiger partial charge in [0.25, 0.3) is 0 Å². The van der Waals surface area contributed by atoms with Crippen molar-refractivity contribution in [3.8, 4) is 5.75 Å². The van der Waals surface area contributed by atoms with Gasteiger partial charge in [-0.05, 0) is 17.5 Å². The molecule has 0 aliphatic rings. The van der Waals surface area contributed by atoms with Crippen molar-refractivity contribution >= 4 is 29.4 Å². The third-order valence-electron chi connectivity index (χ3n) is 2.62. The number of hydrogen-bond donors (Lipinski definition) is 2. The number of aliphatic imine (C=N–C) groups is 1. The van der Waals surface area contributed by atoms with Gasteiger partial charge in [0.2, 0.25) is 0 Å². The molecule has 0 aliphatic carbocycles. The highest BCUT2D eigenvalue weighted by atomic mass is 35.5. The van der Waals surface area contributed by atoms with Gasteiger partial charge in [-0.15, -0.1) is 0 Å². The van der Waals surface area contributed by atoms with Crippen molar-refractivity contribution in [2.75, 3.05) is 6.61 Å². The van der Waals surface area contributed by atoms with Crippen molar-refractivity contribution in [1.29, 1.82) is 0 Å². The van der Waals surface area contributed by atoms with Crippen molar-refractivity contribution in [2.45, 2.75) is 26.8 Å². The highest BCUT2D eigenvalue weighted by Gasteiger charge is 2.22. The van der Waals surface area contributed by atoms with Crippen molar-refractivity contribution < 1.29 is 10.2 Å². The molecular formula is C13H17Cl2NO2. The molecule has 0 fully saturated rings. The van der Waals surface area contributed by atoms with Crippen LogP contribution in [0.1, 0.15) is 26.3 Å². The molecule has 0 spiro atoms. The molecule has 100 valence electrons. The first-order chi connectivity index (χ1) is 8.25. The second kappa shape index (κ2) is 5.91. The summed E-state index contributed by atoms with van der Waals surface area (Å²) in [5.41, 5.74) is 0.277. The molecule has 2 N–H and O–H groups in total. The van der Waals surface area contributed by atoms with Crippen LogP contribution in [0.5, 0.6) is 5.75 Å². The third-order valence-corrected chi connectivity index (χ3v) is 3.13. The lowest BCUT2D eigenvalue weighted by Gasteiger charge is -2.25. The van der Waals surface area contributed by atoms with Gasteiger partial charge in [0.15, 0.2) is 0 Å². The highest BCUT2D eigenvalue weighted by Crippen LogP contribution is 2.30. The number of aliphatic hydroxyl groups excluding tert-OH is 1. The van der Waals surface area contributed by atoms with Gasteiger partial charge in [-0.1, -0.05) is 44.0 Å². The van der Waals surface area contributed by atoms with Crippen LogP contribution in [0.3, 0.4) is 0 Å². The minimum Gasteiger partial charge on any atom is -0.506 e. The second-order valence-electron chi connectivity index (χ2n) is 5.17. The fourth-order valence-electron chi connectivity index (χ4n) is 1.40. The van der Waals surface area contributed by atoms with Crippen LogP contribution in [-0.2, 0) is 0 Å². The normalized spacial score (nSPS) is 14.1. The lowest BCUT2D eigenvalue weighted by molar-refractivity contribution is 0.191. The number of hydrogen-bond acceptors (Lipinski definition) is 3. The summed E-state index contributed by atoms with van der Waals surface area (Å²) in [4.78, 5) is 4.27. The molecule has 1 atom stereocenters. The molecule has 0 radical (unpaired) electrons. The number of aliphatic hydroxyl groups is 1. The van der Waals surface area contributed by atoms with Gasteiger partial charge < -0.3 is 10.2 Å². The van der Waals surface area contributed by atoms with E-state index in [0.717, 1.165) is 0 Å². The summed E-state index contributed by atoms with van der Waals surface area (Å²) < 4.78 is 0. The fraction of sp³-hybridized carbons (Fsp3) is 0.462. The lowest BCUT2D eigenvalue weighted by atomic mass is 9.88. The van der Waals surface area contributed by atoms with E-state index in [0.29, 0.717) is 10.6 Å². The number of aromatic hydroxyl groups is 1. The standard InChI is InChI=1S/C13H17Cl2NO2/c1-13(2,3)11(7-17)16-6-8-4-9(14)5-10(15)12(8)18/h4-6,11,17-18H,7H2,1-3H3/b16-6+/t11-/m1/s1. The van der Waals surface area contributed by atoms with Crippen molar-refractivity contribution in [3.63, 3.8) is 0 Å². The predicted octanol–water partition coefficient (Wildman–Crippen LogP) is 3.52. The second-order valence-corrected chi connectivity index (χ2v) is 6.01. The first-order valence-corrected chi connectivity index (χ1v) is 6.33. The number of halogens is 2. The molecule has 1 rings (SSSR count). The minimum atomic E-state index is -0.255. The van der Waals surface area contributed by atoms with Crippen molar-refractivity contribution in [3.05, 3.63) is 27.7 Å². The summed E-state index contributed by atoms with van der Waals surface area (Å²) in [6, 6.07) is 2.78. The summed E-state index contributed by atoms with van der Waals surface area (Å²) in [6.07, 6.45) is 1.49. The molecule has 1 aromatic rings. The molecule has 0 bridgehead atoms. The first-order valence-electron chi connectivity index (χ1n) is 5.57. The number of phenols is 1.